The lowest BCUT2D eigenvalue weighted by Crippen LogP contribution is -2.30. The summed E-state index contributed by atoms with van der Waals surface area (Å²) in [7, 11) is 0. The number of halogens is 2. The van der Waals surface area contributed by atoms with Crippen LogP contribution in [0.25, 0.3) is 17.4 Å². The molecule has 2 aromatic rings. The predicted octanol–water partition coefficient (Wildman–Crippen LogP) is 4.93. The fourth-order valence-corrected chi connectivity index (χ4v) is 4.20. The first-order valence-corrected chi connectivity index (χ1v) is 9.36. The number of carboxylic acid groups (broad SMARTS) is 1. The summed E-state index contributed by atoms with van der Waals surface area (Å²) in [6, 6.07) is 8.56. The molecule has 1 amide bonds. The lowest BCUT2D eigenvalue weighted by molar-refractivity contribution is -0.137. The van der Waals surface area contributed by atoms with Crippen molar-refractivity contribution < 1.29 is 19.1 Å². The average Bonchev–Trinajstić information content (AvgIpc) is 3.11. The van der Waals surface area contributed by atoms with Gasteiger partial charge in [-0.2, -0.15) is 0 Å². The second kappa shape index (κ2) is 7.84. The zero-order valence-corrected chi connectivity index (χ0v) is 16.2. The van der Waals surface area contributed by atoms with Gasteiger partial charge in [0, 0.05) is 12.6 Å². The van der Waals surface area contributed by atoms with E-state index in [9.17, 15) is 9.59 Å². The molecule has 2 heterocycles. The maximum Gasteiger partial charge on any atom is 0.305 e. The summed E-state index contributed by atoms with van der Waals surface area (Å²) < 4.78 is 6.07. The molecular weight excluding hydrogens is 417 g/mol. The van der Waals surface area contributed by atoms with Crippen LogP contribution in [0.3, 0.4) is 0 Å². The topological polar surface area (TPSA) is 70.8 Å². The van der Waals surface area contributed by atoms with Crippen LogP contribution in [0.4, 0.5) is 0 Å². The first-order chi connectivity index (χ1) is 12.4. The molecule has 0 bridgehead atoms. The highest BCUT2D eigenvalue weighted by atomic mass is 35.5. The van der Waals surface area contributed by atoms with E-state index in [1.54, 1.807) is 36.4 Å². The van der Waals surface area contributed by atoms with Gasteiger partial charge in [0.05, 0.1) is 26.9 Å². The third-order valence-corrected chi connectivity index (χ3v) is 5.54. The minimum atomic E-state index is -0.990. The lowest BCUT2D eigenvalue weighted by Gasteiger charge is -2.12. The Morgan fingerprint density at radius 1 is 1.27 bits per heavy atom. The highest BCUT2D eigenvalue weighted by Crippen LogP contribution is 2.37. The predicted molar refractivity (Wildman–Crippen MR) is 106 cm³/mol. The van der Waals surface area contributed by atoms with Crippen LogP contribution in [0.5, 0.6) is 0 Å². The van der Waals surface area contributed by atoms with Crippen LogP contribution in [0.15, 0.2) is 39.7 Å². The normalized spacial score (nSPS) is 15.9. The Bertz CT molecular complexity index is 918. The van der Waals surface area contributed by atoms with Crippen LogP contribution in [0.2, 0.25) is 10.0 Å². The zero-order chi connectivity index (χ0) is 18.8. The zero-order valence-electron chi connectivity index (χ0n) is 13.1. The highest BCUT2D eigenvalue weighted by Gasteiger charge is 2.32. The molecule has 5 nitrogen and oxygen atoms in total. The molecule has 0 spiro atoms. The number of furan rings is 1. The molecule has 1 aromatic heterocycles. The number of nitrogens with zero attached hydrogens (tertiary/aromatic N) is 1. The van der Waals surface area contributed by atoms with E-state index in [1.807, 2.05) is 0 Å². The van der Waals surface area contributed by atoms with Crippen LogP contribution in [0, 0.1) is 0 Å². The molecule has 1 N–H and O–H groups in total. The number of carbonyl (C=O) groups excluding carboxylic acids is 1. The molecule has 0 aliphatic carbocycles. The first-order valence-electron chi connectivity index (χ1n) is 7.38. The molecule has 0 atom stereocenters. The minimum absolute atomic E-state index is 0.0377. The number of amides is 1. The smallest absolute Gasteiger partial charge is 0.305 e. The summed E-state index contributed by atoms with van der Waals surface area (Å²) in [5.74, 6) is -0.409. The molecule has 9 heteroatoms. The van der Waals surface area contributed by atoms with Crippen LogP contribution < -0.4 is 0 Å². The molecule has 1 fully saturated rings. The first kappa shape index (κ1) is 19.0. The fraction of sp³-hybridized carbons (Fsp3) is 0.118. The Labute approximate surface area is 168 Å². The van der Waals surface area contributed by atoms with Crippen LogP contribution >= 0.6 is 47.2 Å². The van der Waals surface area contributed by atoms with E-state index in [-0.39, 0.29) is 18.9 Å². The Balaban J connectivity index is 1.83. The molecule has 1 aromatic carbocycles. The van der Waals surface area contributed by atoms with Crippen molar-refractivity contribution in [3.63, 3.8) is 0 Å². The molecule has 134 valence electrons. The van der Waals surface area contributed by atoms with Crippen molar-refractivity contribution in [2.24, 2.45) is 0 Å². The average molecular weight is 428 g/mol. The third-order valence-electron chi connectivity index (χ3n) is 3.53. The van der Waals surface area contributed by atoms with Gasteiger partial charge in [-0.05, 0) is 24.3 Å². The van der Waals surface area contributed by atoms with Crippen molar-refractivity contribution in [3.8, 4) is 11.3 Å². The number of thiocarbonyl (C=S) groups is 1. The van der Waals surface area contributed by atoms with E-state index in [0.29, 0.717) is 36.4 Å². The number of thioether (sulfide) groups is 1. The van der Waals surface area contributed by atoms with Crippen LogP contribution in [-0.4, -0.2) is 32.7 Å². The van der Waals surface area contributed by atoms with Gasteiger partial charge in [0.25, 0.3) is 5.91 Å². The largest absolute Gasteiger partial charge is 0.481 e. The van der Waals surface area contributed by atoms with Gasteiger partial charge in [-0.15, -0.1) is 0 Å². The van der Waals surface area contributed by atoms with E-state index in [2.05, 4.69) is 0 Å². The maximum absolute atomic E-state index is 12.4. The SMILES string of the molecule is O=C(O)CCN1C(=O)C(=Cc2ccc(-c3c(Cl)cccc3Cl)o2)SC1=S. The van der Waals surface area contributed by atoms with E-state index in [0.717, 1.165) is 11.8 Å². The van der Waals surface area contributed by atoms with E-state index >= 15 is 0 Å². The Morgan fingerprint density at radius 2 is 1.96 bits per heavy atom. The second-order valence-electron chi connectivity index (χ2n) is 5.28. The van der Waals surface area contributed by atoms with Crippen molar-refractivity contribution in [2.75, 3.05) is 6.54 Å². The number of hydrogen-bond donors (Lipinski definition) is 1. The maximum atomic E-state index is 12.4. The fourth-order valence-electron chi connectivity index (χ4n) is 2.33. The van der Waals surface area contributed by atoms with Crippen molar-refractivity contribution in [1.82, 2.24) is 4.90 Å². The molecule has 0 unspecified atom stereocenters. The molecule has 26 heavy (non-hydrogen) atoms. The van der Waals surface area contributed by atoms with Crippen molar-refractivity contribution in [3.05, 3.63) is 51.0 Å². The second-order valence-corrected chi connectivity index (χ2v) is 7.77. The summed E-state index contributed by atoms with van der Waals surface area (Å²) in [4.78, 5) is 24.7. The number of benzene rings is 1. The molecule has 1 aliphatic heterocycles. The van der Waals surface area contributed by atoms with Gasteiger partial charge in [0.1, 0.15) is 15.8 Å². The van der Waals surface area contributed by atoms with Crippen LogP contribution in [0.1, 0.15) is 12.2 Å². The minimum Gasteiger partial charge on any atom is -0.481 e. The molecule has 0 radical (unpaired) electrons. The Morgan fingerprint density at radius 3 is 2.62 bits per heavy atom. The van der Waals surface area contributed by atoms with Gasteiger partial charge in [0.15, 0.2) is 0 Å². The lowest BCUT2D eigenvalue weighted by atomic mass is 10.2. The molecule has 1 saturated heterocycles. The van der Waals surface area contributed by atoms with Crippen molar-refractivity contribution >= 4 is 69.5 Å². The summed E-state index contributed by atoms with van der Waals surface area (Å²) in [5, 5.41) is 9.68. The van der Waals surface area contributed by atoms with Gasteiger partial charge in [0.2, 0.25) is 0 Å². The third kappa shape index (κ3) is 3.96. The Hall–Kier alpha value is -1.80. The molecule has 3 rings (SSSR count). The number of carboxylic acids is 1. The Kier molecular flexibility index (Phi) is 5.72. The highest BCUT2D eigenvalue weighted by molar-refractivity contribution is 8.26. The molecular formula is C17H11Cl2NO4S2. The van der Waals surface area contributed by atoms with E-state index < -0.39 is 5.97 Å². The number of aliphatic carboxylic acids is 1. The number of hydrogen-bond acceptors (Lipinski definition) is 5. The van der Waals surface area contributed by atoms with Gasteiger partial charge in [-0.1, -0.05) is 53.2 Å². The standard InChI is InChI=1S/C17H11Cl2NO4S2/c18-10-2-1-3-11(19)15(10)12-5-4-9(24-12)8-13-16(23)20(17(25)26-13)7-6-14(21)22/h1-5,8H,6-7H2,(H,21,22). The van der Waals surface area contributed by atoms with Gasteiger partial charge < -0.3 is 9.52 Å². The number of rotatable bonds is 5. The van der Waals surface area contributed by atoms with Gasteiger partial charge in [-0.3, -0.25) is 14.5 Å². The van der Waals surface area contributed by atoms with Crippen LogP contribution in [-0.2, 0) is 9.59 Å². The van der Waals surface area contributed by atoms with Gasteiger partial charge in [-0.25, -0.2) is 0 Å². The van der Waals surface area contributed by atoms with Gasteiger partial charge >= 0.3 is 5.97 Å². The summed E-state index contributed by atoms with van der Waals surface area (Å²) >= 11 is 18.6. The molecule has 1 aliphatic rings. The number of carbonyl (C=O) groups is 2. The summed E-state index contributed by atoms with van der Waals surface area (Å²) in [5.41, 5.74) is 0.574. The van der Waals surface area contributed by atoms with E-state index in [4.69, 9.17) is 44.9 Å². The van der Waals surface area contributed by atoms with Crippen molar-refractivity contribution in [1.29, 1.82) is 0 Å². The summed E-state index contributed by atoms with van der Waals surface area (Å²) in [6.07, 6.45) is 1.39. The quantitative estimate of drug-likeness (QED) is 0.538. The monoisotopic (exact) mass is 427 g/mol. The molecule has 0 saturated carbocycles. The summed E-state index contributed by atoms with van der Waals surface area (Å²) in [6.45, 7) is 0.0377. The van der Waals surface area contributed by atoms with Crippen molar-refractivity contribution in [2.45, 2.75) is 6.42 Å². The van der Waals surface area contributed by atoms with E-state index in [1.165, 1.54) is 4.90 Å².